The molecule has 86 valence electrons. The first-order valence-corrected chi connectivity index (χ1v) is 6.37. The van der Waals surface area contributed by atoms with Gasteiger partial charge in [0.1, 0.15) is 5.82 Å². The molecule has 1 N–H and O–H groups in total. The summed E-state index contributed by atoms with van der Waals surface area (Å²) in [6.07, 6.45) is 7.13. The lowest BCUT2D eigenvalue weighted by molar-refractivity contribution is 0.566. The van der Waals surface area contributed by atoms with Crippen molar-refractivity contribution in [3.63, 3.8) is 0 Å². The van der Waals surface area contributed by atoms with Crippen molar-refractivity contribution in [2.24, 2.45) is 0 Å². The van der Waals surface area contributed by atoms with Gasteiger partial charge < -0.3 is 10.2 Å². The number of hydrogen-bond acceptors (Lipinski definition) is 3. The normalized spacial score (nSPS) is 20.6. The summed E-state index contributed by atoms with van der Waals surface area (Å²) in [7, 11) is 0. The van der Waals surface area contributed by atoms with Gasteiger partial charge >= 0.3 is 0 Å². The first-order chi connectivity index (χ1) is 7.95. The Bertz CT molecular complexity index is 369. The van der Waals surface area contributed by atoms with E-state index in [1.165, 1.54) is 49.3 Å². The van der Waals surface area contributed by atoms with Crippen LogP contribution < -0.4 is 10.2 Å². The summed E-state index contributed by atoms with van der Waals surface area (Å²) in [5.74, 6) is 1.26. The highest BCUT2D eigenvalue weighted by Crippen LogP contribution is 2.26. The number of rotatable bonds is 1. The van der Waals surface area contributed by atoms with E-state index in [0.29, 0.717) is 0 Å². The van der Waals surface area contributed by atoms with Gasteiger partial charge in [-0.25, -0.2) is 4.98 Å². The van der Waals surface area contributed by atoms with Crippen molar-refractivity contribution in [1.82, 2.24) is 10.3 Å². The molecule has 3 rings (SSSR count). The zero-order valence-corrected chi connectivity index (χ0v) is 9.71. The van der Waals surface area contributed by atoms with E-state index in [1.54, 1.807) is 0 Å². The van der Waals surface area contributed by atoms with Gasteiger partial charge in [-0.3, -0.25) is 0 Å². The maximum absolute atomic E-state index is 4.61. The van der Waals surface area contributed by atoms with E-state index in [-0.39, 0.29) is 0 Å². The number of pyridine rings is 1. The van der Waals surface area contributed by atoms with Crippen LogP contribution in [0.15, 0.2) is 12.3 Å². The summed E-state index contributed by atoms with van der Waals surface area (Å²) in [5, 5.41) is 3.42. The van der Waals surface area contributed by atoms with Crippen molar-refractivity contribution < 1.29 is 0 Å². The van der Waals surface area contributed by atoms with Gasteiger partial charge in [-0.05, 0) is 43.9 Å². The minimum absolute atomic E-state index is 1.01. The van der Waals surface area contributed by atoms with E-state index >= 15 is 0 Å². The molecule has 3 heteroatoms. The lowest BCUT2D eigenvalue weighted by atomic mass is 10.0. The predicted molar refractivity (Wildman–Crippen MR) is 65.7 cm³/mol. The van der Waals surface area contributed by atoms with Gasteiger partial charge in [0.2, 0.25) is 0 Å². The van der Waals surface area contributed by atoms with Crippen LogP contribution in [0.1, 0.15) is 30.4 Å². The molecule has 1 fully saturated rings. The quantitative estimate of drug-likeness (QED) is 0.776. The topological polar surface area (TPSA) is 28.2 Å². The van der Waals surface area contributed by atoms with Crippen LogP contribution in [0.25, 0.3) is 0 Å². The van der Waals surface area contributed by atoms with Gasteiger partial charge in [0, 0.05) is 31.4 Å². The van der Waals surface area contributed by atoms with Crippen molar-refractivity contribution in [1.29, 1.82) is 0 Å². The Morgan fingerprint density at radius 1 is 1.19 bits per heavy atom. The Hall–Kier alpha value is -1.09. The molecule has 0 bridgehead atoms. The summed E-state index contributed by atoms with van der Waals surface area (Å²) in [4.78, 5) is 7.09. The highest BCUT2D eigenvalue weighted by molar-refractivity contribution is 5.51. The fraction of sp³-hybridized carbons (Fsp3) is 0.615. The van der Waals surface area contributed by atoms with Crippen LogP contribution in [0.4, 0.5) is 5.82 Å². The maximum Gasteiger partial charge on any atom is 0.132 e. The van der Waals surface area contributed by atoms with Gasteiger partial charge in [0.05, 0.1) is 0 Å². The van der Waals surface area contributed by atoms with Crippen molar-refractivity contribution in [3.8, 4) is 0 Å². The molecule has 0 aromatic carbocycles. The maximum atomic E-state index is 4.61. The fourth-order valence-corrected chi connectivity index (χ4v) is 2.77. The van der Waals surface area contributed by atoms with Gasteiger partial charge in [-0.2, -0.15) is 0 Å². The second-order valence-electron chi connectivity index (χ2n) is 4.75. The molecule has 16 heavy (non-hydrogen) atoms. The van der Waals surface area contributed by atoms with Crippen molar-refractivity contribution in [3.05, 3.63) is 23.4 Å². The van der Waals surface area contributed by atoms with Gasteiger partial charge in [-0.1, -0.05) is 0 Å². The number of piperidine rings is 1. The molecule has 0 radical (unpaired) electrons. The Labute approximate surface area is 96.9 Å². The molecule has 0 amide bonds. The second kappa shape index (κ2) is 4.42. The van der Waals surface area contributed by atoms with Crippen LogP contribution in [0.2, 0.25) is 0 Å². The molecule has 1 aromatic heterocycles. The van der Waals surface area contributed by atoms with Crippen molar-refractivity contribution in [2.75, 3.05) is 24.5 Å². The first-order valence-electron chi connectivity index (χ1n) is 6.37. The summed E-state index contributed by atoms with van der Waals surface area (Å²) in [6, 6.07) is 2.16. The largest absolute Gasteiger partial charge is 0.356 e. The number of anilines is 1. The molecule has 3 nitrogen and oxygen atoms in total. The van der Waals surface area contributed by atoms with E-state index in [1.807, 2.05) is 6.20 Å². The Kier molecular flexibility index (Phi) is 2.79. The number of fused-ring (bicyclic) bond motifs is 1. The van der Waals surface area contributed by atoms with Crippen LogP contribution in [-0.2, 0) is 13.0 Å². The number of aromatic nitrogens is 1. The molecule has 0 saturated carbocycles. The lowest BCUT2D eigenvalue weighted by Gasteiger charge is -2.31. The number of nitrogens with one attached hydrogen (secondary N) is 1. The first kappa shape index (κ1) is 10.1. The van der Waals surface area contributed by atoms with E-state index in [4.69, 9.17) is 0 Å². The molecule has 0 aliphatic carbocycles. The highest BCUT2D eigenvalue weighted by atomic mass is 15.2. The number of nitrogens with zero attached hydrogens (tertiary/aromatic N) is 2. The molecule has 0 spiro atoms. The summed E-state index contributed by atoms with van der Waals surface area (Å²) >= 11 is 0. The third-order valence-electron chi connectivity index (χ3n) is 3.65. The summed E-state index contributed by atoms with van der Waals surface area (Å²) in [6.45, 7) is 4.49. The van der Waals surface area contributed by atoms with Crippen LogP contribution in [-0.4, -0.2) is 24.6 Å². The average Bonchev–Trinajstić information content (AvgIpc) is 2.39. The third-order valence-corrected chi connectivity index (χ3v) is 3.65. The van der Waals surface area contributed by atoms with Crippen LogP contribution >= 0.6 is 0 Å². The molecular weight excluding hydrogens is 198 g/mol. The second-order valence-corrected chi connectivity index (χ2v) is 4.75. The van der Waals surface area contributed by atoms with Gasteiger partial charge in [-0.15, -0.1) is 0 Å². The molecular formula is C13H19N3. The minimum atomic E-state index is 1.01. The van der Waals surface area contributed by atoms with Crippen LogP contribution in [0, 0.1) is 0 Å². The standard InChI is InChI=1S/C13H19N3/c1-2-8-16(9-3-1)13-12-5-6-14-10-11(12)4-7-15-13/h4,7,14H,1-3,5-6,8-10H2. The Balaban J connectivity index is 1.93. The van der Waals surface area contributed by atoms with Crippen LogP contribution in [0.5, 0.6) is 0 Å². The van der Waals surface area contributed by atoms with Gasteiger partial charge in [0.25, 0.3) is 0 Å². The lowest BCUT2D eigenvalue weighted by Crippen LogP contribution is -2.33. The minimum Gasteiger partial charge on any atom is -0.356 e. The van der Waals surface area contributed by atoms with Gasteiger partial charge in [0.15, 0.2) is 0 Å². The zero-order valence-electron chi connectivity index (χ0n) is 9.71. The average molecular weight is 217 g/mol. The Morgan fingerprint density at radius 2 is 2.06 bits per heavy atom. The molecule has 2 aliphatic heterocycles. The van der Waals surface area contributed by atoms with E-state index in [0.717, 1.165) is 19.5 Å². The van der Waals surface area contributed by atoms with E-state index in [2.05, 4.69) is 21.3 Å². The molecule has 1 saturated heterocycles. The fourth-order valence-electron chi connectivity index (χ4n) is 2.77. The zero-order chi connectivity index (χ0) is 10.8. The van der Waals surface area contributed by atoms with Crippen molar-refractivity contribution >= 4 is 5.82 Å². The molecule has 1 aromatic rings. The predicted octanol–water partition coefficient (Wildman–Crippen LogP) is 1.72. The van der Waals surface area contributed by atoms with Crippen molar-refractivity contribution in [2.45, 2.75) is 32.2 Å². The highest BCUT2D eigenvalue weighted by Gasteiger charge is 2.19. The van der Waals surface area contributed by atoms with E-state index in [9.17, 15) is 0 Å². The number of hydrogen-bond donors (Lipinski definition) is 1. The SMILES string of the molecule is c1cc2c(c(N3CCCCC3)n1)CCNC2. The third kappa shape index (κ3) is 1.80. The molecule has 0 unspecified atom stereocenters. The van der Waals surface area contributed by atoms with E-state index < -0.39 is 0 Å². The summed E-state index contributed by atoms with van der Waals surface area (Å²) < 4.78 is 0. The Morgan fingerprint density at radius 3 is 2.94 bits per heavy atom. The molecule has 3 heterocycles. The molecule has 2 aliphatic rings. The smallest absolute Gasteiger partial charge is 0.132 e. The molecule has 0 atom stereocenters. The van der Waals surface area contributed by atoms with Crippen LogP contribution in [0.3, 0.4) is 0 Å². The monoisotopic (exact) mass is 217 g/mol. The summed E-state index contributed by atoms with van der Waals surface area (Å²) in [5.41, 5.74) is 2.94.